The van der Waals surface area contributed by atoms with Crippen molar-refractivity contribution in [3.05, 3.63) is 0 Å². The Balaban J connectivity index is 1.46. The third-order valence-corrected chi connectivity index (χ3v) is 6.99. The zero-order chi connectivity index (χ0) is 19.7. The van der Waals surface area contributed by atoms with Crippen LogP contribution in [0, 0.1) is 11.8 Å². The van der Waals surface area contributed by atoms with E-state index in [9.17, 15) is 29.7 Å². The highest BCUT2D eigenvalue weighted by Gasteiger charge is 2.45. The van der Waals surface area contributed by atoms with Crippen molar-refractivity contribution in [1.82, 2.24) is 9.96 Å². The van der Waals surface area contributed by atoms with Gasteiger partial charge in [-0.15, -0.1) is 5.06 Å². The van der Waals surface area contributed by atoms with Gasteiger partial charge in [0.2, 0.25) is 0 Å². The average molecular weight is 410 g/mol. The number of hydrogen-bond acceptors (Lipinski definition) is 9. The van der Waals surface area contributed by atoms with Gasteiger partial charge in [0.1, 0.15) is 30.2 Å². The van der Waals surface area contributed by atoms with E-state index in [1.165, 1.54) is 0 Å². The molecule has 2 saturated heterocycles. The first-order valence-corrected chi connectivity index (χ1v) is 10.7. The molecule has 3 fully saturated rings. The molecule has 27 heavy (non-hydrogen) atoms. The molecule has 2 heterocycles. The molecule has 10 nitrogen and oxygen atoms in total. The van der Waals surface area contributed by atoms with Crippen LogP contribution in [-0.4, -0.2) is 87.3 Å². The zero-order valence-corrected chi connectivity index (χ0v) is 15.9. The maximum atomic E-state index is 11.2. The number of rotatable bonds is 6. The summed E-state index contributed by atoms with van der Waals surface area (Å²) in [5.74, 6) is 0.118. The lowest BCUT2D eigenvalue weighted by Crippen LogP contribution is -2.45. The number of nitrogens with zero attached hydrogens (tertiary/aromatic N) is 2. The molecule has 7 atom stereocenters. The summed E-state index contributed by atoms with van der Waals surface area (Å²) >= 11 is -2.30. The van der Waals surface area contributed by atoms with Crippen molar-refractivity contribution in [3.8, 4) is 0 Å². The van der Waals surface area contributed by atoms with E-state index in [2.05, 4.69) is 0 Å². The minimum absolute atomic E-state index is 0.121. The topological polar surface area (TPSA) is 154 Å². The zero-order valence-electron chi connectivity index (χ0n) is 15.1. The number of hydrogen-bond donors (Lipinski definition) is 6. The number of aliphatic hydroxyl groups is 5. The van der Waals surface area contributed by atoms with Crippen LogP contribution in [0.5, 0.6) is 0 Å². The lowest BCUT2D eigenvalue weighted by atomic mass is 9.81. The first-order chi connectivity index (χ1) is 12.8. The second kappa shape index (κ2) is 9.08. The lowest BCUT2D eigenvalue weighted by molar-refractivity contribution is -0.349. The van der Waals surface area contributed by atoms with Gasteiger partial charge in [-0.2, -0.15) is 0 Å². The standard InChI is InChI=1S/C16H30N2O8S/c19-12-5-6-13(20)17(12)8-9-1-3-10(4-2-9)16(23)26-18-14(21)7-11(15(18)22)27(24)25/h9-16,19-23H,1-8H2,(H,24,25). The van der Waals surface area contributed by atoms with Gasteiger partial charge in [-0.3, -0.25) is 9.74 Å². The van der Waals surface area contributed by atoms with Crippen LogP contribution >= 0.6 is 0 Å². The van der Waals surface area contributed by atoms with Crippen LogP contribution in [0.25, 0.3) is 0 Å². The van der Waals surface area contributed by atoms with Crippen LogP contribution in [0.2, 0.25) is 0 Å². The second-order valence-corrected chi connectivity index (χ2v) is 8.97. The normalized spacial score (nSPS) is 43.9. The molecular weight excluding hydrogens is 380 g/mol. The first-order valence-electron chi connectivity index (χ1n) is 9.48. The maximum Gasteiger partial charge on any atom is 0.177 e. The van der Waals surface area contributed by atoms with E-state index >= 15 is 0 Å². The summed E-state index contributed by atoms with van der Waals surface area (Å²) in [7, 11) is 0. The molecule has 3 rings (SSSR count). The molecule has 0 aromatic rings. The Labute approximate surface area is 160 Å². The summed E-state index contributed by atoms with van der Waals surface area (Å²) in [6.07, 6.45) is -1.20. The molecule has 7 unspecified atom stereocenters. The van der Waals surface area contributed by atoms with Gasteiger partial charge in [-0.05, 0) is 44.4 Å². The molecule has 11 heteroatoms. The van der Waals surface area contributed by atoms with Gasteiger partial charge in [0.05, 0.1) is 0 Å². The van der Waals surface area contributed by atoms with Crippen LogP contribution in [0.4, 0.5) is 0 Å². The van der Waals surface area contributed by atoms with Crippen molar-refractivity contribution in [1.29, 1.82) is 0 Å². The quantitative estimate of drug-likeness (QED) is 0.230. The fourth-order valence-corrected chi connectivity index (χ4v) is 4.99. The molecule has 0 spiro atoms. The van der Waals surface area contributed by atoms with Crippen molar-refractivity contribution >= 4 is 11.1 Å². The van der Waals surface area contributed by atoms with Crippen molar-refractivity contribution in [2.45, 2.75) is 81.4 Å². The van der Waals surface area contributed by atoms with Crippen molar-refractivity contribution in [2.75, 3.05) is 6.54 Å². The Morgan fingerprint density at radius 3 is 2.07 bits per heavy atom. The van der Waals surface area contributed by atoms with E-state index in [1.807, 2.05) is 0 Å². The van der Waals surface area contributed by atoms with Crippen LogP contribution < -0.4 is 0 Å². The van der Waals surface area contributed by atoms with E-state index in [0.717, 1.165) is 17.9 Å². The van der Waals surface area contributed by atoms with E-state index in [1.54, 1.807) is 4.90 Å². The molecule has 0 aromatic heterocycles. The Morgan fingerprint density at radius 2 is 1.56 bits per heavy atom. The summed E-state index contributed by atoms with van der Waals surface area (Å²) in [5.41, 5.74) is 0. The van der Waals surface area contributed by atoms with Crippen molar-refractivity contribution in [2.24, 2.45) is 11.8 Å². The monoisotopic (exact) mass is 410 g/mol. The first kappa shape index (κ1) is 21.5. The molecular formula is C16H30N2O8S. The molecule has 0 amide bonds. The van der Waals surface area contributed by atoms with E-state index in [0.29, 0.717) is 38.1 Å². The average Bonchev–Trinajstić information content (AvgIpc) is 3.10. The lowest BCUT2D eigenvalue weighted by Gasteiger charge is -2.36. The molecule has 3 aliphatic rings. The summed E-state index contributed by atoms with van der Waals surface area (Å²) < 4.78 is 20.3. The largest absolute Gasteiger partial charge is 0.378 e. The molecule has 6 N–H and O–H groups in total. The Bertz CT molecular complexity index is 511. The minimum atomic E-state index is -2.30. The number of likely N-dealkylation sites (tertiary alicyclic amines) is 1. The van der Waals surface area contributed by atoms with Gasteiger partial charge in [-0.25, -0.2) is 4.21 Å². The SMILES string of the molecule is O=S(O)C1CC(O)N(OC(O)C2CCC(CN3C(O)CCC3O)CC2)C1O. The van der Waals surface area contributed by atoms with Gasteiger partial charge in [0.25, 0.3) is 0 Å². The summed E-state index contributed by atoms with van der Waals surface area (Å²) in [4.78, 5) is 7.02. The second-order valence-electron chi connectivity index (χ2n) is 7.82. The summed E-state index contributed by atoms with van der Waals surface area (Å²) in [5, 5.41) is 49.8. The van der Waals surface area contributed by atoms with Crippen LogP contribution in [0.3, 0.4) is 0 Å². The molecule has 158 valence electrons. The fourth-order valence-electron chi connectivity index (χ4n) is 4.33. The highest BCUT2D eigenvalue weighted by molar-refractivity contribution is 7.80. The van der Waals surface area contributed by atoms with E-state index in [-0.39, 0.29) is 12.3 Å². The third kappa shape index (κ3) is 4.86. The Kier molecular flexibility index (Phi) is 7.23. The van der Waals surface area contributed by atoms with Gasteiger partial charge in [0.15, 0.2) is 17.4 Å². The highest BCUT2D eigenvalue weighted by Crippen LogP contribution is 2.35. The Morgan fingerprint density at radius 1 is 0.963 bits per heavy atom. The molecule has 0 bridgehead atoms. The highest BCUT2D eigenvalue weighted by atomic mass is 32.2. The summed E-state index contributed by atoms with van der Waals surface area (Å²) in [6.45, 7) is 0.611. The van der Waals surface area contributed by atoms with Gasteiger partial charge < -0.3 is 30.1 Å². The van der Waals surface area contributed by atoms with Crippen LogP contribution in [-0.2, 0) is 15.9 Å². The van der Waals surface area contributed by atoms with Gasteiger partial charge in [-0.1, -0.05) is 0 Å². The maximum absolute atomic E-state index is 11.2. The van der Waals surface area contributed by atoms with Gasteiger partial charge in [0, 0.05) is 18.9 Å². The van der Waals surface area contributed by atoms with Crippen LogP contribution in [0.15, 0.2) is 0 Å². The van der Waals surface area contributed by atoms with Gasteiger partial charge >= 0.3 is 0 Å². The number of hydroxylamine groups is 2. The predicted octanol–water partition coefficient (Wildman–Crippen LogP) is -1.29. The summed E-state index contributed by atoms with van der Waals surface area (Å²) in [6, 6.07) is 0. The Hall–Kier alpha value is -0.210. The molecule has 1 saturated carbocycles. The molecule has 0 aromatic carbocycles. The van der Waals surface area contributed by atoms with E-state index in [4.69, 9.17) is 9.39 Å². The third-order valence-electron chi connectivity index (χ3n) is 6.03. The minimum Gasteiger partial charge on any atom is -0.378 e. The van der Waals surface area contributed by atoms with Crippen LogP contribution in [0.1, 0.15) is 44.9 Å². The smallest absolute Gasteiger partial charge is 0.177 e. The molecule has 0 radical (unpaired) electrons. The van der Waals surface area contributed by atoms with Crippen molar-refractivity contribution < 1.29 is 39.1 Å². The number of aliphatic hydroxyl groups excluding tert-OH is 5. The predicted molar refractivity (Wildman–Crippen MR) is 93.5 cm³/mol. The molecule has 2 aliphatic heterocycles. The fraction of sp³-hybridized carbons (Fsp3) is 1.00. The van der Waals surface area contributed by atoms with E-state index < -0.39 is 47.5 Å². The van der Waals surface area contributed by atoms with Crippen molar-refractivity contribution in [3.63, 3.8) is 0 Å². The molecule has 1 aliphatic carbocycles.